The molecule has 0 aliphatic rings. The van der Waals surface area contributed by atoms with E-state index in [1.807, 2.05) is 13.8 Å². The summed E-state index contributed by atoms with van der Waals surface area (Å²) < 4.78 is 43.3. The van der Waals surface area contributed by atoms with Gasteiger partial charge in [0, 0.05) is 46.7 Å². The van der Waals surface area contributed by atoms with Crippen LogP contribution in [0.25, 0.3) is 21.8 Å². The van der Waals surface area contributed by atoms with Gasteiger partial charge in [-0.1, -0.05) is 6.92 Å². The molecule has 0 amide bonds. The zero-order valence-corrected chi connectivity index (χ0v) is 18.3. The van der Waals surface area contributed by atoms with Crippen molar-refractivity contribution in [2.45, 2.75) is 52.8 Å². The minimum Gasteiger partial charge on any atom is -0.396 e. The highest BCUT2D eigenvalue weighted by atomic mass is 19.4. The van der Waals surface area contributed by atoms with E-state index in [-0.39, 0.29) is 17.5 Å². The number of benzene rings is 1. The first-order chi connectivity index (χ1) is 14.7. The van der Waals surface area contributed by atoms with Gasteiger partial charge in [0.05, 0.1) is 5.56 Å². The number of rotatable bonds is 9. The number of pyridine rings is 1. The quantitative estimate of drug-likeness (QED) is 0.481. The number of nitrogens with zero attached hydrogens (tertiary/aromatic N) is 2. The van der Waals surface area contributed by atoms with Crippen molar-refractivity contribution < 1.29 is 18.3 Å². The molecule has 3 aromatic rings. The molecule has 0 saturated carbocycles. The maximum absolute atomic E-state index is 13.7. The molecule has 0 saturated heterocycles. The van der Waals surface area contributed by atoms with Crippen LogP contribution in [0.3, 0.4) is 0 Å². The molecule has 2 N–H and O–H groups in total. The molecule has 5 nitrogen and oxygen atoms in total. The van der Waals surface area contributed by atoms with Gasteiger partial charge in [-0.15, -0.1) is 0 Å². The predicted octanol–water partition coefficient (Wildman–Crippen LogP) is 4.60. The molecule has 2 aromatic heterocycles. The monoisotopic (exact) mass is 437 g/mol. The smallest absolute Gasteiger partial charge is 0.396 e. The number of hydrogen-bond donors (Lipinski definition) is 2. The van der Waals surface area contributed by atoms with Gasteiger partial charge in [0.25, 0.3) is 0 Å². The minimum absolute atomic E-state index is 0.0585. The molecular weight excluding hydrogens is 407 g/mol. The van der Waals surface area contributed by atoms with E-state index in [9.17, 15) is 18.0 Å². The van der Waals surface area contributed by atoms with Crippen LogP contribution in [-0.2, 0) is 12.7 Å². The first-order valence-electron chi connectivity index (χ1n) is 10.7. The standard InChI is InChI=1S/C23H30F3N3O2/c1-4-28(10-5-6-13-30)11-7-12-29-16(3)15(2)21-19(29)9-8-18-22(21)17(23(24,25)26)14-20(31)27-18/h8-9,14,30H,4-7,10-13H2,1-3H3,(H,27,31). The van der Waals surface area contributed by atoms with Gasteiger partial charge in [0.2, 0.25) is 5.56 Å². The van der Waals surface area contributed by atoms with Gasteiger partial charge < -0.3 is 19.6 Å². The topological polar surface area (TPSA) is 61.3 Å². The number of aromatic nitrogens is 2. The third-order valence-electron chi connectivity index (χ3n) is 6.09. The van der Waals surface area contributed by atoms with Gasteiger partial charge in [-0.3, -0.25) is 4.79 Å². The van der Waals surface area contributed by atoms with E-state index in [1.165, 1.54) is 0 Å². The van der Waals surface area contributed by atoms with Crippen molar-refractivity contribution in [1.29, 1.82) is 0 Å². The lowest BCUT2D eigenvalue weighted by Crippen LogP contribution is -2.26. The van der Waals surface area contributed by atoms with E-state index in [1.54, 1.807) is 12.1 Å². The molecular formula is C23H30F3N3O2. The molecule has 31 heavy (non-hydrogen) atoms. The normalized spacial score (nSPS) is 12.5. The summed E-state index contributed by atoms with van der Waals surface area (Å²) in [4.78, 5) is 16.7. The highest BCUT2D eigenvalue weighted by Crippen LogP contribution is 2.39. The Labute approximate surface area is 179 Å². The number of aliphatic hydroxyl groups is 1. The van der Waals surface area contributed by atoms with Crippen LogP contribution < -0.4 is 5.56 Å². The first kappa shape index (κ1) is 23.3. The van der Waals surface area contributed by atoms with Gasteiger partial charge in [0.1, 0.15) is 0 Å². The van der Waals surface area contributed by atoms with Gasteiger partial charge in [-0.25, -0.2) is 0 Å². The van der Waals surface area contributed by atoms with Gasteiger partial charge in [0.15, 0.2) is 0 Å². The molecule has 170 valence electrons. The number of hydrogen-bond acceptors (Lipinski definition) is 3. The van der Waals surface area contributed by atoms with Crippen LogP contribution >= 0.6 is 0 Å². The Kier molecular flexibility index (Phi) is 7.11. The molecule has 0 aliphatic heterocycles. The van der Waals surface area contributed by atoms with Crippen LogP contribution in [0.2, 0.25) is 0 Å². The first-order valence-corrected chi connectivity index (χ1v) is 10.7. The summed E-state index contributed by atoms with van der Waals surface area (Å²) in [6.45, 7) is 9.50. The van der Waals surface area contributed by atoms with E-state index in [2.05, 4.69) is 21.4 Å². The second kappa shape index (κ2) is 9.44. The fraction of sp³-hybridized carbons (Fsp3) is 0.522. The van der Waals surface area contributed by atoms with E-state index in [4.69, 9.17) is 5.11 Å². The van der Waals surface area contributed by atoms with Crippen molar-refractivity contribution in [2.75, 3.05) is 26.2 Å². The van der Waals surface area contributed by atoms with Crippen molar-refractivity contribution >= 4 is 21.8 Å². The molecule has 0 radical (unpaired) electrons. The SMILES string of the molecule is CCN(CCCCO)CCCn1c(C)c(C)c2c3c(C(F)(F)F)cc(=O)[nH]c3ccc21. The summed E-state index contributed by atoms with van der Waals surface area (Å²) in [6, 6.07) is 4.02. The molecule has 0 unspecified atom stereocenters. The summed E-state index contributed by atoms with van der Waals surface area (Å²) in [5.41, 5.74) is 1.04. The van der Waals surface area contributed by atoms with Crippen molar-refractivity contribution in [2.24, 2.45) is 0 Å². The van der Waals surface area contributed by atoms with Crippen LogP contribution in [0.5, 0.6) is 0 Å². The van der Waals surface area contributed by atoms with Gasteiger partial charge in [-0.2, -0.15) is 13.2 Å². The molecule has 1 aromatic carbocycles. The van der Waals surface area contributed by atoms with Gasteiger partial charge >= 0.3 is 6.18 Å². The molecule has 0 bridgehead atoms. The number of fused-ring (bicyclic) bond motifs is 3. The third kappa shape index (κ3) is 4.80. The summed E-state index contributed by atoms with van der Waals surface area (Å²) in [5.74, 6) is 0. The Bertz CT molecular complexity index is 1120. The number of aryl methyl sites for hydroxylation is 2. The second-order valence-corrected chi connectivity index (χ2v) is 8.01. The number of halogens is 3. The highest BCUT2D eigenvalue weighted by Gasteiger charge is 2.34. The minimum atomic E-state index is -4.61. The second-order valence-electron chi connectivity index (χ2n) is 8.01. The molecule has 0 atom stereocenters. The van der Waals surface area contributed by atoms with Crippen LogP contribution in [0, 0.1) is 13.8 Å². The molecule has 2 heterocycles. The summed E-state index contributed by atoms with van der Waals surface area (Å²) in [5, 5.41) is 9.57. The largest absolute Gasteiger partial charge is 0.417 e. The average molecular weight is 438 g/mol. The predicted molar refractivity (Wildman–Crippen MR) is 118 cm³/mol. The number of aromatic amines is 1. The van der Waals surface area contributed by atoms with Gasteiger partial charge in [-0.05, 0) is 70.4 Å². The Hall–Kier alpha value is -2.32. The molecule has 0 aliphatic carbocycles. The lowest BCUT2D eigenvalue weighted by molar-refractivity contribution is -0.136. The molecule has 3 rings (SSSR count). The molecule has 0 fully saturated rings. The number of H-pyrrole nitrogens is 1. The van der Waals surface area contributed by atoms with Crippen molar-refractivity contribution in [3.8, 4) is 0 Å². The summed E-state index contributed by atoms with van der Waals surface area (Å²) in [6.07, 6.45) is -2.01. The zero-order valence-electron chi connectivity index (χ0n) is 18.3. The van der Waals surface area contributed by atoms with E-state index >= 15 is 0 Å². The number of alkyl halides is 3. The van der Waals surface area contributed by atoms with Crippen LogP contribution in [0.4, 0.5) is 13.2 Å². The van der Waals surface area contributed by atoms with Crippen molar-refractivity contribution in [3.63, 3.8) is 0 Å². The number of unbranched alkanes of at least 4 members (excludes halogenated alkanes) is 1. The fourth-order valence-corrected chi connectivity index (χ4v) is 4.36. The zero-order chi connectivity index (χ0) is 22.8. The Balaban J connectivity index is 1.98. The van der Waals surface area contributed by atoms with Crippen LogP contribution in [0.15, 0.2) is 23.0 Å². The number of aliphatic hydroxyl groups excluding tert-OH is 1. The Morgan fingerprint density at radius 2 is 1.81 bits per heavy atom. The third-order valence-corrected chi connectivity index (χ3v) is 6.09. The lowest BCUT2D eigenvalue weighted by Gasteiger charge is -2.20. The summed E-state index contributed by atoms with van der Waals surface area (Å²) in [7, 11) is 0. The Morgan fingerprint density at radius 1 is 1.10 bits per heavy atom. The lowest BCUT2D eigenvalue weighted by atomic mass is 10.0. The van der Waals surface area contributed by atoms with E-state index < -0.39 is 17.3 Å². The fourth-order valence-electron chi connectivity index (χ4n) is 4.36. The van der Waals surface area contributed by atoms with E-state index in [0.717, 1.165) is 55.7 Å². The summed E-state index contributed by atoms with van der Waals surface area (Å²) >= 11 is 0. The molecule has 8 heteroatoms. The highest BCUT2D eigenvalue weighted by molar-refractivity contribution is 6.09. The van der Waals surface area contributed by atoms with Crippen LogP contribution in [-0.4, -0.2) is 45.8 Å². The van der Waals surface area contributed by atoms with Crippen LogP contribution in [0.1, 0.15) is 43.0 Å². The van der Waals surface area contributed by atoms with E-state index in [0.29, 0.717) is 18.0 Å². The maximum atomic E-state index is 13.7. The Morgan fingerprint density at radius 3 is 2.45 bits per heavy atom. The number of nitrogens with one attached hydrogen (secondary N) is 1. The van der Waals surface area contributed by atoms with Crippen molar-refractivity contribution in [3.05, 3.63) is 45.4 Å². The molecule has 0 spiro atoms. The average Bonchev–Trinajstić information content (AvgIpc) is 2.96. The van der Waals surface area contributed by atoms with Crippen molar-refractivity contribution in [1.82, 2.24) is 14.5 Å². The maximum Gasteiger partial charge on any atom is 0.417 e.